The van der Waals surface area contributed by atoms with Crippen LogP contribution in [0, 0.1) is 0 Å². The van der Waals surface area contributed by atoms with Crippen LogP contribution in [0.3, 0.4) is 0 Å². The van der Waals surface area contributed by atoms with E-state index in [1.165, 1.54) is 6.20 Å². The molecule has 1 aliphatic carbocycles. The highest BCUT2D eigenvalue weighted by Crippen LogP contribution is 2.26. The van der Waals surface area contributed by atoms with Crippen LogP contribution >= 0.6 is 0 Å². The topological polar surface area (TPSA) is 110 Å². The number of hydrogen-bond acceptors (Lipinski definition) is 7. The van der Waals surface area contributed by atoms with Gasteiger partial charge in [-0.3, -0.25) is 4.79 Å². The number of carbonyl (C=O) groups excluding carboxylic acids is 1. The van der Waals surface area contributed by atoms with Crippen LogP contribution in [-0.4, -0.2) is 56.2 Å². The van der Waals surface area contributed by atoms with Gasteiger partial charge in [-0.15, -0.1) is 0 Å². The molecular weight excluding hydrogens is 384 g/mol. The van der Waals surface area contributed by atoms with Crippen molar-refractivity contribution in [1.82, 2.24) is 29.3 Å². The highest BCUT2D eigenvalue weighted by atomic mass is 16.5. The monoisotopic (exact) mass is 406 g/mol. The van der Waals surface area contributed by atoms with Gasteiger partial charge in [0.1, 0.15) is 17.2 Å². The molecule has 30 heavy (non-hydrogen) atoms. The highest BCUT2D eigenvalue weighted by Gasteiger charge is 2.33. The summed E-state index contributed by atoms with van der Waals surface area (Å²) in [6.07, 6.45) is 9.00. The van der Waals surface area contributed by atoms with E-state index >= 15 is 0 Å². The first-order valence-electron chi connectivity index (χ1n) is 9.77. The number of anilines is 3. The molecule has 0 saturated heterocycles. The van der Waals surface area contributed by atoms with Crippen LogP contribution in [-0.2, 0) is 4.74 Å². The van der Waals surface area contributed by atoms with E-state index in [-0.39, 0.29) is 18.1 Å². The zero-order valence-corrected chi connectivity index (χ0v) is 16.7. The predicted molar refractivity (Wildman–Crippen MR) is 112 cm³/mol. The Labute approximate surface area is 172 Å². The van der Waals surface area contributed by atoms with Crippen LogP contribution in [0.4, 0.5) is 17.3 Å². The molecule has 3 N–H and O–H groups in total. The van der Waals surface area contributed by atoms with Crippen molar-refractivity contribution in [3.63, 3.8) is 0 Å². The van der Waals surface area contributed by atoms with Gasteiger partial charge in [0.25, 0.3) is 5.91 Å². The Morgan fingerprint density at radius 1 is 1.27 bits per heavy atom. The molecule has 0 spiro atoms. The smallest absolute Gasteiger partial charge is 0.257 e. The van der Waals surface area contributed by atoms with Crippen LogP contribution in [0.2, 0.25) is 0 Å². The number of carbonyl (C=O) groups is 1. The molecule has 0 radical (unpaired) electrons. The largest absolute Gasteiger partial charge is 0.379 e. The van der Waals surface area contributed by atoms with Gasteiger partial charge < -0.3 is 25.1 Å². The van der Waals surface area contributed by atoms with Crippen molar-refractivity contribution in [2.24, 2.45) is 0 Å². The van der Waals surface area contributed by atoms with Gasteiger partial charge in [0, 0.05) is 38.8 Å². The Balaban J connectivity index is 1.50. The van der Waals surface area contributed by atoms with E-state index in [9.17, 15) is 4.79 Å². The molecule has 5 rings (SSSR count). The lowest BCUT2D eigenvalue weighted by Crippen LogP contribution is -2.51. The maximum Gasteiger partial charge on any atom is 0.257 e. The third-order valence-corrected chi connectivity index (χ3v) is 5.48. The van der Waals surface area contributed by atoms with Crippen LogP contribution < -0.4 is 16.0 Å². The second-order valence-corrected chi connectivity index (χ2v) is 7.21. The number of aromatic nitrogens is 5. The highest BCUT2D eigenvalue weighted by molar-refractivity contribution is 6.00. The second kappa shape index (κ2) is 7.30. The number of hydrogen-bond donors (Lipinski definition) is 3. The first kappa shape index (κ1) is 18.4. The molecule has 154 valence electrons. The molecule has 0 aliphatic heterocycles. The normalized spacial score (nSPS) is 18.3. The number of ether oxygens (including phenoxy) is 1. The summed E-state index contributed by atoms with van der Waals surface area (Å²) in [5, 5.41) is 13.8. The Bertz CT molecular complexity index is 1230. The van der Waals surface area contributed by atoms with Gasteiger partial charge in [0.15, 0.2) is 11.3 Å². The molecule has 2 atom stereocenters. The summed E-state index contributed by atoms with van der Waals surface area (Å²) in [6, 6.07) is 5.71. The second-order valence-electron chi connectivity index (χ2n) is 7.21. The molecule has 10 nitrogen and oxygen atoms in total. The number of imidazole rings is 1. The van der Waals surface area contributed by atoms with Crippen molar-refractivity contribution in [3.05, 3.63) is 48.5 Å². The number of pyridine rings is 1. The van der Waals surface area contributed by atoms with Gasteiger partial charge in [-0.1, -0.05) is 0 Å². The molecular formula is C20H22N8O2. The summed E-state index contributed by atoms with van der Waals surface area (Å²) in [5.74, 6) is 1.07. The maximum absolute atomic E-state index is 12.9. The van der Waals surface area contributed by atoms with Gasteiger partial charge in [0.2, 0.25) is 0 Å². The van der Waals surface area contributed by atoms with E-state index < -0.39 is 0 Å². The molecule has 1 fully saturated rings. The average molecular weight is 406 g/mol. The summed E-state index contributed by atoms with van der Waals surface area (Å²) >= 11 is 0. The molecule has 1 saturated carbocycles. The number of rotatable bonds is 6. The summed E-state index contributed by atoms with van der Waals surface area (Å²) in [4.78, 5) is 21.9. The minimum Gasteiger partial charge on any atom is -0.379 e. The molecule has 0 unspecified atom stereocenters. The summed E-state index contributed by atoms with van der Waals surface area (Å²) in [6.45, 7) is 0. The zero-order chi connectivity index (χ0) is 20.7. The fraction of sp³-hybridized carbons (Fsp3) is 0.300. The maximum atomic E-state index is 12.9. The third kappa shape index (κ3) is 3.01. The first-order valence-corrected chi connectivity index (χ1v) is 9.77. The average Bonchev–Trinajstić information content (AvgIpc) is 3.38. The zero-order valence-electron chi connectivity index (χ0n) is 16.7. The Morgan fingerprint density at radius 2 is 2.17 bits per heavy atom. The molecule has 4 aromatic heterocycles. The molecule has 1 aliphatic rings. The van der Waals surface area contributed by atoms with Crippen molar-refractivity contribution in [1.29, 1.82) is 0 Å². The van der Waals surface area contributed by atoms with Crippen molar-refractivity contribution in [2.45, 2.75) is 25.0 Å². The summed E-state index contributed by atoms with van der Waals surface area (Å²) in [7, 11) is 3.46. The quantitative estimate of drug-likeness (QED) is 0.450. The van der Waals surface area contributed by atoms with E-state index in [4.69, 9.17) is 4.74 Å². The van der Waals surface area contributed by atoms with Crippen molar-refractivity contribution in [3.8, 4) is 0 Å². The molecule has 4 heterocycles. The lowest BCUT2D eigenvalue weighted by molar-refractivity contribution is 0.00732. The van der Waals surface area contributed by atoms with Crippen LogP contribution in [0.5, 0.6) is 0 Å². The van der Waals surface area contributed by atoms with Gasteiger partial charge in [-0.2, -0.15) is 9.61 Å². The van der Waals surface area contributed by atoms with Crippen molar-refractivity contribution in [2.75, 3.05) is 24.8 Å². The molecule has 10 heteroatoms. The van der Waals surface area contributed by atoms with Gasteiger partial charge in [-0.05, 0) is 25.0 Å². The minimum absolute atomic E-state index is 0.0144. The standard InChI is InChI=1S/C20H22N8O2/c1-21-17-10-16(24-14-4-3-8-27-9-7-22-19(14)27)26-18-12(11-23-28(17)18)20(29)25-13-5-6-15(13)30-2/h3-4,7-11,13,15,21H,5-6H2,1-2H3,(H,24,26)(H,25,29)/t13-,15-/m1/s1. The number of nitrogens with zero attached hydrogens (tertiary/aromatic N) is 5. The molecule has 0 aromatic carbocycles. The van der Waals surface area contributed by atoms with Crippen LogP contribution in [0.1, 0.15) is 23.2 Å². The van der Waals surface area contributed by atoms with E-state index in [1.807, 2.05) is 35.0 Å². The summed E-state index contributed by atoms with van der Waals surface area (Å²) in [5.41, 5.74) is 2.47. The number of amides is 1. The summed E-state index contributed by atoms with van der Waals surface area (Å²) < 4.78 is 8.91. The lowest BCUT2D eigenvalue weighted by Gasteiger charge is -2.35. The number of methoxy groups -OCH3 is 1. The van der Waals surface area contributed by atoms with E-state index in [1.54, 1.807) is 24.9 Å². The van der Waals surface area contributed by atoms with Gasteiger partial charge in [-0.25, -0.2) is 9.97 Å². The van der Waals surface area contributed by atoms with E-state index in [0.29, 0.717) is 22.8 Å². The minimum atomic E-state index is -0.209. The van der Waals surface area contributed by atoms with E-state index in [0.717, 1.165) is 24.2 Å². The number of nitrogens with one attached hydrogen (secondary N) is 3. The fourth-order valence-corrected chi connectivity index (χ4v) is 3.71. The predicted octanol–water partition coefficient (Wildman–Crippen LogP) is 2.07. The van der Waals surface area contributed by atoms with Crippen LogP contribution in [0.15, 0.2) is 43.0 Å². The van der Waals surface area contributed by atoms with Crippen molar-refractivity contribution >= 4 is 34.5 Å². The Kier molecular flexibility index (Phi) is 4.47. The Morgan fingerprint density at radius 3 is 2.93 bits per heavy atom. The molecule has 4 aromatic rings. The van der Waals surface area contributed by atoms with Crippen LogP contribution in [0.25, 0.3) is 11.3 Å². The fourth-order valence-electron chi connectivity index (χ4n) is 3.71. The lowest BCUT2D eigenvalue weighted by atomic mass is 9.89. The Hall–Kier alpha value is -3.66. The molecule has 0 bridgehead atoms. The van der Waals surface area contributed by atoms with E-state index in [2.05, 4.69) is 31.0 Å². The number of fused-ring (bicyclic) bond motifs is 2. The first-order chi connectivity index (χ1) is 14.7. The third-order valence-electron chi connectivity index (χ3n) is 5.48. The SMILES string of the molecule is CNc1cc(Nc2cccn3ccnc23)nc2c(C(=O)N[C@@H]3CC[C@H]3OC)cnn12. The van der Waals surface area contributed by atoms with Crippen molar-refractivity contribution < 1.29 is 9.53 Å². The van der Waals surface area contributed by atoms with Gasteiger partial charge in [0.05, 0.1) is 24.0 Å². The van der Waals surface area contributed by atoms with Gasteiger partial charge >= 0.3 is 0 Å². The molecule has 1 amide bonds.